The van der Waals surface area contributed by atoms with Crippen LogP contribution in [0.25, 0.3) is 10.9 Å². The molecule has 0 bridgehead atoms. The van der Waals surface area contributed by atoms with Crippen LogP contribution in [0.4, 0.5) is 0 Å². The minimum Gasteiger partial charge on any atom is -0.478 e. The standard InChI is InChI=1S/C14H12ClN3O2/c1-17-13(10(6-16-17)14(19)20)8-18-7-11(15)9-4-2-3-5-12(9)18/h2-7H,8H2,1H3,(H,19,20). The van der Waals surface area contributed by atoms with Crippen LogP contribution in [0.1, 0.15) is 16.1 Å². The Hall–Kier alpha value is -2.27. The lowest BCUT2D eigenvalue weighted by atomic mass is 10.2. The van der Waals surface area contributed by atoms with Crippen molar-refractivity contribution in [1.82, 2.24) is 14.3 Å². The van der Waals surface area contributed by atoms with E-state index in [-0.39, 0.29) is 5.56 Å². The van der Waals surface area contributed by atoms with E-state index < -0.39 is 5.97 Å². The maximum atomic E-state index is 11.2. The smallest absolute Gasteiger partial charge is 0.339 e. The summed E-state index contributed by atoms with van der Waals surface area (Å²) in [5.74, 6) is -0.976. The van der Waals surface area contributed by atoms with Gasteiger partial charge >= 0.3 is 5.97 Å². The summed E-state index contributed by atoms with van der Waals surface area (Å²) in [5, 5.41) is 14.8. The molecule has 20 heavy (non-hydrogen) atoms. The molecule has 3 aromatic rings. The molecule has 1 N–H and O–H groups in total. The van der Waals surface area contributed by atoms with E-state index in [4.69, 9.17) is 11.6 Å². The number of fused-ring (bicyclic) bond motifs is 1. The van der Waals surface area contributed by atoms with Gasteiger partial charge in [0.05, 0.1) is 23.5 Å². The summed E-state index contributed by atoms with van der Waals surface area (Å²) in [5.41, 5.74) is 1.81. The molecule has 0 fully saturated rings. The molecule has 2 aromatic heterocycles. The van der Waals surface area contributed by atoms with Gasteiger partial charge in [-0.05, 0) is 6.07 Å². The lowest BCUT2D eigenvalue weighted by Gasteiger charge is -2.07. The van der Waals surface area contributed by atoms with Gasteiger partial charge in [0.1, 0.15) is 5.56 Å². The molecule has 0 aliphatic carbocycles. The molecule has 1 aromatic carbocycles. The second-order valence-electron chi connectivity index (χ2n) is 4.56. The molecular weight excluding hydrogens is 278 g/mol. The summed E-state index contributed by atoms with van der Waals surface area (Å²) in [4.78, 5) is 11.2. The molecule has 0 aliphatic heterocycles. The lowest BCUT2D eigenvalue weighted by molar-refractivity contribution is 0.0695. The van der Waals surface area contributed by atoms with Gasteiger partial charge in [0.15, 0.2) is 0 Å². The fourth-order valence-corrected chi connectivity index (χ4v) is 2.60. The number of aromatic carboxylic acids is 1. The zero-order valence-corrected chi connectivity index (χ0v) is 11.5. The largest absolute Gasteiger partial charge is 0.478 e. The van der Waals surface area contributed by atoms with Crippen molar-refractivity contribution in [3.63, 3.8) is 0 Å². The number of carboxylic acids is 1. The molecule has 0 spiro atoms. The number of hydrogen-bond acceptors (Lipinski definition) is 2. The normalized spacial score (nSPS) is 11.1. The summed E-state index contributed by atoms with van der Waals surface area (Å²) in [6.07, 6.45) is 3.18. The molecule has 6 heteroatoms. The monoisotopic (exact) mass is 289 g/mol. The van der Waals surface area contributed by atoms with E-state index in [0.717, 1.165) is 10.9 Å². The molecule has 0 radical (unpaired) electrons. The Labute approximate surface area is 120 Å². The molecule has 0 saturated carbocycles. The van der Waals surface area contributed by atoms with E-state index in [1.165, 1.54) is 6.20 Å². The van der Waals surface area contributed by atoms with Gasteiger partial charge in [-0.25, -0.2) is 4.79 Å². The van der Waals surface area contributed by atoms with Gasteiger partial charge in [-0.3, -0.25) is 4.68 Å². The van der Waals surface area contributed by atoms with Crippen LogP contribution in [0.2, 0.25) is 5.02 Å². The summed E-state index contributed by atoms with van der Waals surface area (Å²) >= 11 is 6.20. The van der Waals surface area contributed by atoms with Gasteiger partial charge in [-0.15, -0.1) is 0 Å². The van der Waals surface area contributed by atoms with Crippen molar-refractivity contribution in [1.29, 1.82) is 0 Å². The Balaban J connectivity index is 2.10. The molecule has 0 atom stereocenters. The second-order valence-corrected chi connectivity index (χ2v) is 4.96. The van der Waals surface area contributed by atoms with Crippen molar-refractivity contribution in [3.8, 4) is 0 Å². The van der Waals surface area contributed by atoms with Crippen LogP contribution in [0.5, 0.6) is 0 Å². The van der Waals surface area contributed by atoms with E-state index in [1.807, 2.05) is 35.0 Å². The van der Waals surface area contributed by atoms with Crippen molar-refractivity contribution in [2.45, 2.75) is 6.54 Å². The second kappa shape index (κ2) is 4.68. The van der Waals surface area contributed by atoms with E-state index in [2.05, 4.69) is 5.10 Å². The number of benzene rings is 1. The van der Waals surface area contributed by atoms with Crippen LogP contribution in [0.3, 0.4) is 0 Å². The molecule has 102 valence electrons. The summed E-state index contributed by atoms with van der Waals surface area (Å²) in [6.45, 7) is 0.408. The number of para-hydroxylation sites is 1. The van der Waals surface area contributed by atoms with Crippen molar-refractivity contribution in [3.05, 3.63) is 52.9 Å². The Morgan fingerprint density at radius 3 is 2.90 bits per heavy atom. The lowest BCUT2D eigenvalue weighted by Crippen LogP contribution is -2.09. The molecule has 0 aliphatic rings. The number of halogens is 1. The number of aryl methyl sites for hydroxylation is 1. The molecule has 5 nitrogen and oxygen atoms in total. The highest BCUT2D eigenvalue weighted by molar-refractivity contribution is 6.35. The first-order valence-electron chi connectivity index (χ1n) is 6.05. The van der Waals surface area contributed by atoms with Crippen LogP contribution in [-0.2, 0) is 13.6 Å². The molecule has 0 unspecified atom stereocenters. The Morgan fingerprint density at radius 1 is 1.40 bits per heavy atom. The number of carbonyl (C=O) groups is 1. The van der Waals surface area contributed by atoms with E-state index in [1.54, 1.807) is 11.7 Å². The first-order valence-corrected chi connectivity index (χ1v) is 6.43. The number of rotatable bonds is 3. The van der Waals surface area contributed by atoms with Gasteiger partial charge in [-0.1, -0.05) is 29.8 Å². The van der Waals surface area contributed by atoms with Gasteiger partial charge < -0.3 is 9.67 Å². The minimum atomic E-state index is -0.976. The van der Waals surface area contributed by atoms with Gasteiger partial charge in [0, 0.05) is 24.1 Å². The third-order valence-electron chi connectivity index (χ3n) is 3.35. The third-order valence-corrected chi connectivity index (χ3v) is 3.65. The zero-order chi connectivity index (χ0) is 14.3. The van der Waals surface area contributed by atoms with Gasteiger partial charge in [-0.2, -0.15) is 5.10 Å². The van der Waals surface area contributed by atoms with Crippen molar-refractivity contribution >= 4 is 28.5 Å². The maximum absolute atomic E-state index is 11.2. The topological polar surface area (TPSA) is 60.1 Å². The van der Waals surface area contributed by atoms with Crippen LogP contribution in [-0.4, -0.2) is 25.4 Å². The fourth-order valence-electron chi connectivity index (χ4n) is 2.32. The average Bonchev–Trinajstić information content (AvgIpc) is 2.94. The van der Waals surface area contributed by atoms with Crippen molar-refractivity contribution in [2.75, 3.05) is 0 Å². The first kappa shape index (κ1) is 12.7. The number of nitrogens with zero attached hydrogens (tertiary/aromatic N) is 3. The van der Waals surface area contributed by atoms with E-state index in [9.17, 15) is 9.90 Å². The Kier molecular flexibility index (Phi) is 2.99. The van der Waals surface area contributed by atoms with Crippen molar-refractivity contribution < 1.29 is 9.90 Å². The predicted molar refractivity (Wildman–Crippen MR) is 76.2 cm³/mol. The van der Waals surface area contributed by atoms with Gasteiger partial charge in [0.25, 0.3) is 0 Å². The Morgan fingerprint density at radius 2 is 2.15 bits per heavy atom. The fraction of sp³-hybridized carbons (Fsp3) is 0.143. The quantitative estimate of drug-likeness (QED) is 0.806. The van der Waals surface area contributed by atoms with Crippen LogP contribution in [0.15, 0.2) is 36.7 Å². The predicted octanol–water partition coefficient (Wildman–Crippen LogP) is 2.77. The number of aromatic nitrogens is 3. The molecule has 2 heterocycles. The molecule has 0 saturated heterocycles. The summed E-state index contributed by atoms with van der Waals surface area (Å²) in [6, 6.07) is 7.75. The van der Waals surface area contributed by atoms with Crippen molar-refractivity contribution in [2.24, 2.45) is 7.05 Å². The number of carboxylic acid groups (broad SMARTS) is 1. The summed E-state index contributed by atoms with van der Waals surface area (Å²) in [7, 11) is 1.73. The number of hydrogen-bond donors (Lipinski definition) is 1. The highest BCUT2D eigenvalue weighted by Gasteiger charge is 2.16. The molecule has 3 rings (SSSR count). The van der Waals surface area contributed by atoms with Crippen LogP contribution < -0.4 is 0 Å². The van der Waals surface area contributed by atoms with E-state index in [0.29, 0.717) is 17.3 Å². The highest BCUT2D eigenvalue weighted by Crippen LogP contribution is 2.26. The average molecular weight is 290 g/mol. The SMILES string of the molecule is Cn1ncc(C(=O)O)c1Cn1cc(Cl)c2ccccc21. The molecular formula is C14H12ClN3O2. The van der Waals surface area contributed by atoms with E-state index >= 15 is 0 Å². The third kappa shape index (κ3) is 1.96. The van der Waals surface area contributed by atoms with Crippen LogP contribution >= 0.6 is 11.6 Å². The van der Waals surface area contributed by atoms with Gasteiger partial charge in [0.2, 0.25) is 0 Å². The highest BCUT2D eigenvalue weighted by atomic mass is 35.5. The minimum absolute atomic E-state index is 0.210. The zero-order valence-electron chi connectivity index (χ0n) is 10.7. The van der Waals surface area contributed by atoms with Crippen LogP contribution in [0, 0.1) is 0 Å². The molecule has 0 amide bonds. The maximum Gasteiger partial charge on any atom is 0.339 e. The first-order chi connectivity index (χ1) is 9.58. The Bertz CT molecular complexity index is 804. The summed E-state index contributed by atoms with van der Waals surface area (Å²) < 4.78 is 3.51.